The fourth-order valence-corrected chi connectivity index (χ4v) is 4.01. The van der Waals surface area contributed by atoms with Crippen LogP contribution in [0.2, 0.25) is 4.34 Å². The largest absolute Gasteiger partial charge is 0.366 e. The molecular weight excluding hydrogens is 402 g/mol. The maximum atomic E-state index is 12.7. The first kappa shape index (κ1) is 18.7. The normalized spacial score (nSPS) is 16.9. The van der Waals surface area contributed by atoms with E-state index in [-0.39, 0.29) is 11.3 Å². The van der Waals surface area contributed by atoms with Crippen LogP contribution in [0, 0.1) is 0 Å². The first-order valence-electron chi connectivity index (χ1n) is 8.53. The molecule has 28 heavy (non-hydrogen) atoms. The van der Waals surface area contributed by atoms with Gasteiger partial charge in [0, 0.05) is 25.9 Å². The van der Waals surface area contributed by atoms with Crippen molar-refractivity contribution < 1.29 is 9.53 Å². The molecule has 0 spiro atoms. The number of hydrogen-bond acceptors (Lipinski definition) is 8. The third kappa shape index (κ3) is 3.68. The maximum absolute atomic E-state index is 12.7. The Kier molecular flexibility index (Phi) is 5.21. The summed E-state index contributed by atoms with van der Waals surface area (Å²) in [4.78, 5) is 40.3. The van der Waals surface area contributed by atoms with Crippen molar-refractivity contribution in [3.8, 4) is 11.4 Å². The zero-order valence-corrected chi connectivity index (χ0v) is 16.5. The van der Waals surface area contributed by atoms with E-state index in [4.69, 9.17) is 16.3 Å². The number of nitrogens with zero attached hydrogens (tertiary/aromatic N) is 5. The number of carbonyl (C=O) groups is 1. The number of halogens is 1. The zero-order chi connectivity index (χ0) is 19.7. The second kappa shape index (κ2) is 7.78. The molecule has 1 atom stereocenters. The smallest absolute Gasteiger partial charge is 0.255 e. The number of ketones is 1. The van der Waals surface area contributed by atoms with Crippen LogP contribution in [0.4, 0.5) is 5.95 Å². The second-order valence-electron chi connectivity index (χ2n) is 6.21. The molecule has 10 heteroatoms. The van der Waals surface area contributed by atoms with Gasteiger partial charge in [0.25, 0.3) is 5.56 Å². The first-order valence-corrected chi connectivity index (χ1v) is 9.73. The van der Waals surface area contributed by atoms with Crippen molar-refractivity contribution in [1.82, 2.24) is 19.5 Å². The number of ether oxygens (including phenoxy) is 1. The molecule has 1 aliphatic heterocycles. The van der Waals surface area contributed by atoms with Crippen molar-refractivity contribution in [3.63, 3.8) is 0 Å². The van der Waals surface area contributed by atoms with Crippen molar-refractivity contribution in [1.29, 1.82) is 0 Å². The summed E-state index contributed by atoms with van der Waals surface area (Å²) in [7, 11) is 1.65. The van der Waals surface area contributed by atoms with Gasteiger partial charge in [0.1, 0.15) is 12.4 Å². The highest BCUT2D eigenvalue weighted by Gasteiger charge is 2.30. The van der Waals surface area contributed by atoms with Crippen LogP contribution < -0.4 is 10.5 Å². The number of carbonyl (C=O) groups excluding carboxylic acids is 1. The second-order valence-corrected chi connectivity index (χ2v) is 7.92. The minimum absolute atomic E-state index is 0.126. The van der Waals surface area contributed by atoms with Crippen LogP contribution in [-0.4, -0.2) is 51.1 Å². The molecule has 144 valence electrons. The summed E-state index contributed by atoms with van der Waals surface area (Å²) in [6, 6.07) is 6.51. The Hall–Kier alpha value is -2.62. The lowest BCUT2D eigenvalue weighted by Gasteiger charge is -2.33. The summed E-state index contributed by atoms with van der Waals surface area (Å²) in [5.41, 5.74) is 0.806. The van der Waals surface area contributed by atoms with Crippen LogP contribution in [0.1, 0.15) is 9.67 Å². The fraction of sp³-hybridized carbons (Fsp3) is 0.278. The molecule has 1 saturated heterocycles. The van der Waals surface area contributed by atoms with Crippen LogP contribution in [-0.2, 0) is 11.8 Å². The first-order chi connectivity index (χ1) is 13.5. The molecule has 3 aromatic rings. The number of rotatable bonds is 4. The van der Waals surface area contributed by atoms with Gasteiger partial charge in [-0.05, 0) is 18.2 Å². The van der Waals surface area contributed by atoms with E-state index in [2.05, 4.69) is 15.0 Å². The van der Waals surface area contributed by atoms with E-state index in [0.29, 0.717) is 46.2 Å². The Bertz CT molecular complexity index is 1070. The Morgan fingerprint density at radius 1 is 1.32 bits per heavy atom. The standard InChI is InChI=1S/C18H16ClN5O3S/c1-23-16(25)8-12(11-4-5-20-10-21-11)22-18(23)24-6-7-27-13(9-24)17(26)14-2-3-15(19)28-14/h2-5,8,10,13H,6-7,9H2,1H3. The molecule has 0 bridgehead atoms. The van der Waals surface area contributed by atoms with Crippen LogP contribution in [0.25, 0.3) is 11.4 Å². The van der Waals surface area contributed by atoms with E-state index >= 15 is 0 Å². The fourth-order valence-electron chi connectivity index (χ4n) is 2.98. The van der Waals surface area contributed by atoms with Gasteiger partial charge in [-0.1, -0.05) is 11.6 Å². The summed E-state index contributed by atoms with van der Waals surface area (Å²) in [5.74, 6) is 0.338. The number of thiophene rings is 1. The third-order valence-corrected chi connectivity index (χ3v) is 5.66. The van der Waals surface area contributed by atoms with Gasteiger partial charge in [-0.2, -0.15) is 0 Å². The Labute approximate surface area is 169 Å². The molecule has 0 amide bonds. The summed E-state index contributed by atoms with van der Waals surface area (Å²) in [5, 5.41) is 0. The maximum Gasteiger partial charge on any atom is 0.255 e. The molecule has 4 rings (SSSR count). The molecule has 0 saturated carbocycles. The predicted molar refractivity (Wildman–Crippen MR) is 106 cm³/mol. The number of morpholine rings is 1. The van der Waals surface area contributed by atoms with Crippen molar-refractivity contribution in [2.75, 3.05) is 24.6 Å². The monoisotopic (exact) mass is 417 g/mol. The Morgan fingerprint density at radius 3 is 2.89 bits per heavy atom. The molecule has 0 aromatic carbocycles. The summed E-state index contributed by atoms with van der Waals surface area (Å²) < 4.78 is 7.69. The van der Waals surface area contributed by atoms with E-state index in [1.165, 1.54) is 28.3 Å². The molecule has 0 aliphatic carbocycles. The highest BCUT2D eigenvalue weighted by atomic mass is 35.5. The van der Waals surface area contributed by atoms with Gasteiger partial charge < -0.3 is 9.64 Å². The summed E-state index contributed by atoms with van der Waals surface area (Å²) in [6.07, 6.45) is 2.35. The van der Waals surface area contributed by atoms with Gasteiger partial charge in [0.05, 0.1) is 33.8 Å². The third-order valence-electron chi connectivity index (χ3n) is 4.41. The lowest BCUT2D eigenvalue weighted by molar-refractivity contribution is 0.0340. The van der Waals surface area contributed by atoms with Crippen LogP contribution >= 0.6 is 22.9 Å². The number of aromatic nitrogens is 4. The Balaban J connectivity index is 1.64. The van der Waals surface area contributed by atoms with E-state index < -0.39 is 6.10 Å². The lowest BCUT2D eigenvalue weighted by atomic mass is 10.1. The topological polar surface area (TPSA) is 90.2 Å². The molecular formula is C18H16ClN5O3S. The molecule has 3 aromatic heterocycles. The summed E-state index contributed by atoms with van der Waals surface area (Å²) in [6.45, 7) is 1.16. The van der Waals surface area contributed by atoms with Crippen LogP contribution in [0.3, 0.4) is 0 Å². The minimum Gasteiger partial charge on any atom is -0.366 e. The molecule has 0 N–H and O–H groups in total. The number of Topliss-reactive ketones (excluding diaryl/α,β-unsaturated/α-hetero) is 1. The minimum atomic E-state index is -0.650. The van der Waals surface area contributed by atoms with Gasteiger partial charge in [0.15, 0.2) is 0 Å². The average Bonchev–Trinajstić information content (AvgIpc) is 3.16. The molecule has 1 aliphatic rings. The lowest BCUT2D eigenvalue weighted by Crippen LogP contribution is -2.48. The molecule has 0 radical (unpaired) electrons. The van der Waals surface area contributed by atoms with E-state index in [9.17, 15) is 9.59 Å². The van der Waals surface area contributed by atoms with Crippen molar-refractivity contribution in [3.05, 3.63) is 56.4 Å². The Morgan fingerprint density at radius 2 is 2.18 bits per heavy atom. The predicted octanol–water partition coefficient (Wildman–Crippen LogP) is 2.04. The molecule has 4 heterocycles. The van der Waals surface area contributed by atoms with Gasteiger partial charge in [0.2, 0.25) is 11.7 Å². The average molecular weight is 418 g/mol. The molecule has 1 fully saturated rings. The van der Waals surface area contributed by atoms with Gasteiger partial charge >= 0.3 is 0 Å². The van der Waals surface area contributed by atoms with Crippen molar-refractivity contribution in [2.24, 2.45) is 7.05 Å². The van der Waals surface area contributed by atoms with Crippen molar-refractivity contribution >= 4 is 34.7 Å². The summed E-state index contributed by atoms with van der Waals surface area (Å²) >= 11 is 7.16. The molecule has 1 unspecified atom stereocenters. The highest BCUT2D eigenvalue weighted by Crippen LogP contribution is 2.25. The van der Waals surface area contributed by atoms with E-state index in [1.54, 1.807) is 31.4 Å². The van der Waals surface area contributed by atoms with Crippen molar-refractivity contribution in [2.45, 2.75) is 6.10 Å². The van der Waals surface area contributed by atoms with Gasteiger partial charge in [-0.25, -0.2) is 15.0 Å². The van der Waals surface area contributed by atoms with Gasteiger partial charge in [-0.3, -0.25) is 14.2 Å². The van der Waals surface area contributed by atoms with Crippen LogP contribution in [0.5, 0.6) is 0 Å². The highest BCUT2D eigenvalue weighted by molar-refractivity contribution is 7.18. The SMILES string of the molecule is Cn1c(N2CCOC(C(=O)c3ccc(Cl)s3)C2)nc(-c2ccncn2)cc1=O. The van der Waals surface area contributed by atoms with Crippen LogP contribution in [0.15, 0.2) is 41.6 Å². The number of hydrogen-bond donors (Lipinski definition) is 0. The van der Waals surface area contributed by atoms with E-state index in [0.717, 1.165) is 0 Å². The van der Waals surface area contributed by atoms with Gasteiger partial charge in [-0.15, -0.1) is 11.3 Å². The molecule has 8 nitrogen and oxygen atoms in total. The van der Waals surface area contributed by atoms with E-state index in [1.807, 2.05) is 4.90 Å². The zero-order valence-electron chi connectivity index (χ0n) is 14.9. The quantitative estimate of drug-likeness (QED) is 0.600. The number of anilines is 1.